The summed E-state index contributed by atoms with van der Waals surface area (Å²) in [5.74, 6) is 1.29. The molecule has 3 heterocycles. The van der Waals surface area contributed by atoms with Crippen molar-refractivity contribution in [1.82, 2.24) is 9.55 Å². The van der Waals surface area contributed by atoms with Crippen molar-refractivity contribution in [2.75, 3.05) is 24.3 Å². The van der Waals surface area contributed by atoms with E-state index in [2.05, 4.69) is 17.2 Å². The number of hydrogen-bond acceptors (Lipinski definition) is 7. The zero-order chi connectivity index (χ0) is 21.1. The fourth-order valence-electron chi connectivity index (χ4n) is 3.20. The van der Waals surface area contributed by atoms with Crippen molar-refractivity contribution < 1.29 is 14.3 Å². The molecule has 0 spiro atoms. The summed E-state index contributed by atoms with van der Waals surface area (Å²) in [6.45, 7) is 5.67. The lowest BCUT2D eigenvalue weighted by Gasteiger charge is -2.19. The number of aromatic nitrogens is 2. The molecule has 0 atom stereocenters. The number of nitrogens with zero attached hydrogens (tertiary/aromatic N) is 2. The van der Waals surface area contributed by atoms with Crippen LogP contribution >= 0.6 is 23.1 Å². The molecule has 0 aliphatic carbocycles. The van der Waals surface area contributed by atoms with Gasteiger partial charge in [-0.2, -0.15) is 0 Å². The Morgan fingerprint density at radius 2 is 2.03 bits per heavy atom. The Kier molecular flexibility index (Phi) is 6.29. The highest BCUT2D eigenvalue weighted by Crippen LogP contribution is 2.32. The molecule has 3 aromatic rings. The van der Waals surface area contributed by atoms with Crippen LogP contribution < -0.4 is 20.3 Å². The largest absolute Gasteiger partial charge is 0.486 e. The van der Waals surface area contributed by atoms with Crippen LogP contribution in [0, 0.1) is 0 Å². The molecular weight excluding hydrogens is 422 g/mol. The molecule has 1 aliphatic heterocycles. The zero-order valence-electron chi connectivity index (χ0n) is 16.9. The van der Waals surface area contributed by atoms with Crippen LogP contribution in [0.5, 0.6) is 11.5 Å². The molecule has 2 aromatic heterocycles. The van der Waals surface area contributed by atoms with Gasteiger partial charge in [0.15, 0.2) is 16.7 Å². The summed E-state index contributed by atoms with van der Waals surface area (Å²) in [6.07, 6.45) is 1.68. The number of amides is 1. The maximum atomic E-state index is 12.9. The van der Waals surface area contributed by atoms with Crippen LogP contribution in [-0.4, -0.2) is 34.4 Å². The van der Waals surface area contributed by atoms with Crippen LogP contribution in [0.3, 0.4) is 0 Å². The minimum Gasteiger partial charge on any atom is -0.486 e. The molecule has 7 nitrogen and oxygen atoms in total. The molecule has 1 amide bonds. The molecule has 9 heteroatoms. The summed E-state index contributed by atoms with van der Waals surface area (Å²) in [4.78, 5) is 32.0. The van der Waals surface area contributed by atoms with Crippen LogP contribution in [0.2, 0.25) is 0 Å². The van der Waals surface area contributed by atoms with Gasteiger partial charge in [0, 0.05) is 23.2 Å². The van der Waals surface area contributed by atoms with Crippen molar-refractivity contribution >= 4 is 44.9 Å². The first kappa shape index (κ1) is 20.7. The molecule has 0 unspecified atom stereocenters. The van der Waals surface area contributed by atoms with Gasteiger partial charge in [-0.1, -0.05) is 25.6 Å². The number of ether oxygens (including phenoxy) is 2. The first-order valence-corrected chi connectivity index (χ1v) is 11.7. The van der Waals surface area contributed by atoms with Crippen LogP contribution in [0.1, 0.15) is 25.1 Å². The first-order valence-electron chi connectivity index (χ1n) is 9.94. The van der Waals surface area contributed by atoms with E-state index in [0.29, 0.717) is 47.5 Å². The Bertz CT molecular complexity index is 1140. The summed E-state index contributed by atoms with van der Waals surface area (Å²) in [7, 11) is 0. The van der Waals surface area contributed by atoms with E-state index in [4.69, 9.17) is 9.47 Å². The average molecular weight is 446 g/mol. The Labute approximate surface area is 182 Å². The van der Waals surface area contributed by atoms with E-state index in [-0.39, 0.29) is 17.2 Å². The third-order valence-electron chi connectivity index (χ3n) is 4.62. The average Bonchev–Trinajstić information content (AvgIpc) is 3.18. The molecule has 1 aromatic carbocycles. The van der Waals surface area contributed by atoms with Gasteiger partial charge >= 0.3 is 0 Å². The number of nitrogens with one attached hydrogen (secondary N) is 1. The number of thioether (sulfide) groups is 1. The maximum absolute atomic E-state index is 12.9. The summed E-state index contributed by atoms with van der Waals surface area (Å²) >= 11 is 2.82. The minimum atomic E-state index is -0.172. The molecule has 1 N–H and O–H groups in total. The van der Waals surface area contributed by atoms with Gasteiger partial charge in [-0.3, -0.25) is 14.2 Å². The number of benzene rings is 1. The van der Waals surface area contributed by atoms with E-state index < -0.39 is 0 Å². The Morgan fingerprint density at radius 3 is 2.80 bits per heavy atom. The second-order valence-electron chi connectivity index (χ2n) is 6.83. The van der Waals surface area contributed by atoms with E-state index in [0.717, 1.165) is 22.5 Å². The van der Waals surface area contributed by atoms with Crippen molar-refractivity contribution in [3.05, 3.63) is 39.5 Å². The van der Waals surface area contributed by atoms with Crippen LogP contribution in [0.15, 0.2) is 34.2 Å². The van der Waals surface area contributed by atoms with Gasteiger partial charge in [-0.15, -0.1) is 11.3 Å². The lowest BCUT2D eigenvalue weighted by Crippen LogP contribution is -2.23. The zero-order valence-corrected chi connectivity index (χ0v) is 18.5. The van der Waals surface area contributed by atoms with Crippen molar-refractivity contribution in [1.29, 1.82) is 0 Å². The lowest BCUT2D eigenvalue weighted by molar-refractivity contribution is -0.113. The third kappa shape index (κ3) is 4.32. The molecule has 0 fully saturated rings. The van der Waals surface area contributed by atoms with Crippen molar-refractivity contribution in [2.24, 2.45) is 0 Å². The van der Waals surface area contributed by atoms with E-state index in [9.17, 15) is 9.59 Å². The number of thiophene rings is 1. The Balaban J connectivity index is 1.50. The van der Waals surface area contributed by atoms with Crippen LogP contribution in [-0.2, 0) is 17.8 Å². The van der Waals surface area contributed by atoms with Gasteiger partial charge in [0.2, 0.25) is 5.91 Å². The molecule has 0 radical (unpaired) electrons. The fraction of sp³-hybridized carbons (Fsp3) is 0.381. The SMILES string of the molecule is CCCn1c(SCC(=O)Nc2ccc3c(c2)OCCO3)nc2sc(CC)cc2c1=O. The molecule has 0 bridgehead atoms. The van der Waals surface area contributed by atoms with Crippen molar-refractivity contribution in [3.63, 3.8) is 0 Å². The van der Waals surface area contributed by atoms with Crippen LogP contribution in [0.4, 0.5) is 5.69 Å². The number of aryl methyl sites for hydroxylation is 1. The van der Waals surface area contributed by atoms with Gasteiger partial charge < -0.3 is 14.8 Å². The number of anilines is 1. The van der Waals surface area contributed by atoms with Gasteiger partial charge in [-0.05, 0) is 31.0 Å². The van der Waals surface area contributed by atoms with Gasteiger partial charge in [0.05, 0.1) is 11.1 Å². The van der Waals surface area contributed by atoms with Gasteiger partial charge in [0.25, 0.3) is 5.56 Å². The third-order valence-corrected chi connectivity index (χ3v) is 6.77. The minimum absolute atomic E-state index is 0.0347. The monoisotopic (exact) mass is 445 g/mol. The first-order chi connectivity index (χ1) is 14.6. The molecule has 30 heavy (non-hydrogen) atoms. The standard InChI is InChI=1S/C21H23N3O4S2/c1-3-7-24-20(26)15-11-14(4-2)30-19(15)23-21(24)29-12-18(25)22-13-5-6-16-17(10-13)28-9-8-27-16/h5-6,10-11H,3-4,7-9,12H2,1-2H3,(H,22,25). The summed E-state index contributed by atoms with van der Waals surface area (Å²) in [6, 6.07) is 7.26. The lowest BCUT2D eigenvalue weighted by atomic mass is 10.2. The highest BCUT2D eigenvalue weighted by atomic mass is 32.2. The number of hydrogen-bond donors (Lipinski definition) is 1. The van der Waals surface area contributed by atoms with E-state index in [1.54, 1.807) is 22.8 Å². The second-order valence-corrected chi connectivity index (χ2v) is 8.89. The van der Waals surface area contributed by atoms with E-state index >= 15 is 0 Å². The molecule has 158 valence electrons. The fourth-order valence-corrected chi connectivity index (χ4v) is 5.03. The molecule has 0 saturated heterocycles. The quantitative estimate of drug-likeness (QED) is 0.438. The summed E-state index contributed by atoms with van der Waals surface area (Å²) < 4.78 is 12.7. The Morgan fingerprint density at radius 1 is 1.23 bits per heavy atom. The predicted molar refractivity (Wildman–Crippen MR) is 120 cm³/mol. The topological polar surface area (TPSA) is 82.5 Å². The van der Waals surface area contributed by atoms with Gasteiger partial charge in [-0.25, -0.2) is 4.98 Å². The second kappa shape index (κ2) is 9.09. The van der Waals surface area contributed by atoms with Crippen LogP contribution in [0.25, 0.3) is 10.2 Å². The summed E-state index contributed by atoms with van der Waals surface area (Å²) in [5, 5.41) is 4.11. The van der Waals surface area contributed by atoms with Gasteiger partial charge in [0.1, 0.15) is 18.0 Å². The number of rotatable bonds is 7. The number of fused-ring (bicyclic) bond motifs is 2. The highest BCUT2D eigenvalue weighted by Gasteiger charge is 2.16. The van der Waals surface area contributed by atoms with Crippen molar-refractivity contribution in [2.45, 2.75) is 38.4 Å². The molecular formula is C21H23N3O4S2. The van der Waals surface area contributed by atoms with E-state index in [1.165, 1.54) is 23.1 Å². The summed E-state index contributed by atoms with van der Waals surface area (Å²) in [5.41, 5.74) is 0.609. The van der Waals surface area contributed by atoms with E-state index in [1.807, 2.05) is 13.0 Å². The normalized spacial score (nSPS) is 12.9. The highest BCUT2D eigenvalue weighted by molar-refractivity contribution is 7.99. The predicted octanol–water partition coefficient (Wildman–Crippen LogP) is 3.93. The maximum Gasteiger partial charge on any atom is 0.262 e. The molecule has 4 rings (SSSR count). The smallest absolute Gasteiger partial charge is 0.262 e. The number of carbonyl (C=O) groups excluding carboxylic acids is 1. The Hall–Kier alpha value is -2.52. The molecule has 1 aliphatic rings. The van der Waals surface area contributed by atoms with Crippen molar-refractivity contribution in [3.8, 4) is 11.5 Å². The molecule has 0 saturated carbocycles. The number of carbonyl (C=O) groups is 1.